The van der Waals surface area contributed by atoms with E-state index in [1.54, 1.807) is 0 Å². The van der Waals surface area contributed by atoms with Gasteiger partial charge in [0.25, 0.3) is 0 Å². The number of fused-ring (bicyclic) bond motifs is 1. The van der Waals surface area contributed by atoms with E-state index < -0.39 is 0 Å². The normalized spacial score (nSPS) is 16.7. The number of benzene rings is 1. The summed E-state index contributed by atoms with van der Waals surface area (Å²) in [5.41, 5.74) is 1.20. The number of nitrogens with one attached hydrogen (secondary N) is 1. The minimum atomic E-state index is 0.321. The highest BCUT2D eigenvalue weighted by molar-refractivity contribution is 9.10. The SMILES string of the molecule is CCC(C)C(C)NCc1cc2c(cc1Br)OCO2. The van der Waals surface area contributed by atoms with Crippen LogP contribution >= 0.6 is 15.9 Å². The summed E-state index contributed by atoms with van der Waals surface area (Å²) in [4.78, 5) is 0. The van der Waals surface area contributed by atoms with E-state index in [-0.39, 0.29) is 0 Å². The molecule has 0 bridgehead atoms. The van der Waals surface area contributed by atoms with Crippen LogP contribution in [-0.2, 0) is 6.54 Å². The van der Waals surface area contributed by atoms with E-state index >= 15 is 0 Å². The molecule has 2 rings (SSSR count). The fraction of sp³-hybridized carbons (Fsp3) is 0.571. The number of rotatable bonds is 5. The number of halogens is 1. The van der Waals surface area contributed by atoms with E-state index in [1.165, 1.54) is 12.0 Å². The topological polar surface area (TPSA) is 30.5 Å². The average molecular weight is 314 g/mol. The van der Waals surface area contributed by atoms with Gasteiger partial charge in [-0.25, -0.2) is 0 Å². The highest BCUT2D eigenvalue weighted by Gasteiger charge is 2.17. The van der Waals surface area contributed by atoms with Crippen molar-refractivity contribution in [2.75, 3.05) is 6.79 Å². The standard InChI is InChI=1S/C14H20BrNO2/c1-4-9(2)10(3)16-7-11-5-13-14(6-12(11)15)18-8-17-13/h5-6,9-10,16H,4,7-8H2,1-3H3. The second kappa shape index (κ2) is 5.93. The van der Waals surface area contributed by atoms with Gasteiger partial charge in [0.05, 0.1) is 0 Å². The Morgan fingerprint density at radius 2 is 1.94 bits per heavy atom. The van der Waals surface area contributed by atoms with E-state index in [0.29, 0.717) is 18.8 Å². The first-order valence-corrected chi connectivity index (χ1v) is 7.22. The van der Waals surface area contributed by atoms with Crippen molar-refractivity contribution in [2.24, 2.45) is 5.92 Å². The lowest BCUT2D eigenvalue weighted by Crippen LogP contribution is -2.31. The van der Waals surface area contributed by atoms with E-state index in [2.05, 4.69) is 42.0 Å². The molecule has 0 spiro atoms. The van der Waals surface area contributed by atoms with Gasteiger partial charge in [0.1, 0.15) is 0 Å². The molecule has 4 heteroatoms. The van der Waals surface area contributed by atoms with Gasteiger partial charge in [-0.2, -0.15) is 0 Å². The Morgan fingerprint density at radius 3 is 2.61 bits per heavy atom. The minimum Gasteiger partial charge on any atom is -0.454 e. The quantitative estimate of drug-likeness (QED) is 0.899. The molecule has 3 nitrogen and oxygen atoms in total. The largest absolute Gasteiger partial charge is 0.454 e. The molecule has 0 fully saturated rings. The number of ether oxygens (including phenoxy) is 2. The third-order valence-corrected chi connectivity index (χ3v) is 4.39. The molecule has 2 atom stereocenters. The van der Waals surface area contributed by atoms with Crippen LogP contribution in [0.3, 0.4) is 0 Å². The summed E-state index contributed by atoms with van der Waals surface area (Å²) in [5, 5.41) is 3.56. The zero-order valence-electron chi connectivity index (χ0n) is 11.1. The molecule has 1 aliphatic rings. The third-order valence-electron chi connectivity index (χ3n) is 3.65. The summed E-state index contributed by atoms with van der Waals surface area (Å²) in [6, 6.07) is 4.53. The molecule has 0 aliphatic carbocycles. The summed E-state index contributed by atoms with van der Waals surface area (Å²) in [6.45, 7) is 7.88. The minimum absolute atomic E-state index is 0.321. The average Bonchev–Trinajstić information content (AvgIpc) is 2.81. The highest BCUT2D eigenvalue weighted by Crippen LogP contribution is 2.36. The highest BCUT2D eigenvalue weighted by atomic mass is 79.9. The van der Waals surface area contributed by atoms with E-state index in [9.17, 15) is 0 Å². The molecule has 1 aromatic carbocycles. The van der Waals surface area contributed by atoms with Gasteiger partial charge in [-0.05, 0) is 30.5 Å². The van der Waals surface area contributed by atoms with Crippen molar-refractivity contribution in [1.29, 1.82) is 0 Å². The van der Waals surface area contributed by atoms with E-state index in [0.717, 1.165) is 22.5 Å². The van der Waals surface area contributed by atoms with E-state index in [4.69, 9.17) is 9.47 Å². The predicted octanol–water partition coefficient (Wildman–Crippen LogP) is 3.70. The molecule has 1 heterocycles. The monoisotopic (exact) mass is 313 g/mol. The summed E-state index contributed by atoms with van der Waals surface area (Å²) in [5.74, 6) is 2.34. The fourth-order valence-corrected chi connectivity index (χ4v) is 2.38. The lowest BCUT2D eigenvalue weighted by molar-refractivity contribution is 0.174. The summed E-state index contributed by atoms with van der Waals surface area (Å²) >= 11 is 3.58. The first-order chi connectivity index (χ1) is 8.61. The third kappa shape index (κ3) is 2.98. The predicted molar refractivity (Wildman–Crippen MR) is 76.0 cm³/mol. The molecule has 1 N–H and O–H groups in total. The first kappa shape index (κ1) is 13.7. The summed E-state index contributed by atoms with van der Waals surface area (Å²) < 4.78 is 11.8. The molecule has 100 valence electrons. The van der Waals surface area contributed by atoms with Crippen LogP contribution in [0, 0.1) is 5.92 Å². The van der Waals surface area contributed by atoms with Gasteiger partial charge in [0.2, 0.25) is 6.79 Å². The molecule has 0 radical (unpaired) electrons. The van der Waals surface area contributed by atoms with Crippen LogP contribution in [0.4, 0.5) is 0 Å². The molecular formula is C14H20BrNO2. The van der Waals surface area contributed by atoms with Gasteiger partial charge >= 0.3 is 0 Å². The fourth-order valence-electron chi connectivity index (χ4n) is 1.92. The van der Waals surface area contributed by atoms with Crippen LogP contribution in [0.1, 0.15) is 32.8 Å². The molecule has 0 aromatic heterocycles. The zero-order valence-corrected chi connectivity index (χ0v) is 12.7. The Morgan fingerprint density at radius 1 is 1.28 bits per heavy atom. The first-order valence-electron chi connectivity index (χ1n) is 6.43. The van der Waals surface area contributed by atoms with Gasteiger partial charge in [-0.3, -0.25) is 0 Å². The summed E-state index contributed by atoms with van der Waals surface area (Å²) in [6.07, 6.45) is 1.19. The van der Waals surface area contributed by atoms with E-state index in [1.807, 2.05) is 12.1 Å². The molecule has 1 aromatic rings. The van der Waals surface area contributed by atoms with Crippen molar-refractivity contribution in [2.45, 2.75) is 39.8 Å². The van der Waals surface area contributed by atoms with Gasteiger partial charge in [0.15, 0.2) is 11.5 Å². The van der Waals surface area contributed by atoms with Crippen molar-refractivity contribution in [1.82, 2.24) is 5.32 Å². The smallest absolute Gasteiger partial charge is 0.231 e. The summed E-state index contributed by atoms with van der Waals surface area (Å²) in [7, 11) is 0. The van der Waals surface area contributed by atoms with Crippen LogP contribution in [0.15, 0.2) is 16.6 Å². The van der Waals surface area contributed by atoms with Crippen molar-refractivity contribution < 1.29 is 9.47 Å². The van der Waals surface area contributed by atoms with Crippen LogP contribution in [0.2, 0.25) is 0 Å². The van der Waals surface area contributed by atoms with Crippen LogP contribution in [0.5, 0.6) is 11.5 Å². The zero-order chi connectivity index (χ0) is 13.1. The Hall–Kier alpha value is -0.740. The van der Waals surface area contributed by atoms with Crippen molar-refractivity contribution in [3.63, 3.8) is 0 Å². The maximum absolute atomic E-state index is 5.40. The van der Waals surface area contributed by atoms with Crippen LogP contribution in [0.25, 0.3) is 0 Å². The maximum atomic E-state index is 5.40. The Bertz CT molecular complexity index is 423. The second-order valence-corrected chi connectivity index (χ2v) is 5.71. The molecule has 1 aliphatic heterocycles. The molecule has 2 unspecified atom stereocenters. The maximum Gasteiger partial charge on any atom is 0.231 e. The molecular weight excluding hydrogens is 294 g/mol. The van der Waals surface area contributed by atoms with Crippen LogP contribution in [-0.4, -0.2) is 12.8 Å². The Kier molecular flexibility index (Phi) is 4.51. The van der Waals surface area contributed by atoms with Crippen LogP contribution < -0.4 is 14.8 Å². The van der Waals surface area contributed by atoms with Crippen molar-refractivity contribution in [3.05, 3.63) is 22.2 Å². The second-order valence-electron chi connectivity index (χ2n) is 4.85. The van der Waals surface area contributed by atoms with Crippen molar-refractivity contribution >= 4 is 15.9 Å². The molecule has 18 heavy (non-hydrogen) atoms. The van der Waals surface area contributed by atoms with Crippen molar-refractivity contribution in [3.8, 4) is 11.5 Å². The molecule has 0 saturated heterocycles. The number of hydrogen-bond acceptors (Lipinski definition) is 3. The van der Waals surface area contributed by atoms with Gasteiger partial charge < -0.3 is 14.8 Å². The van der Waals surface area contributed by atoms with Gasteiger partial charge in [-0.1, -0.05) is 36.2 Å². The molecule has 0 amide bonds. The lowest BCUT2D eigenvalue weighted by atomic mass is 10.0. The Balaban J connectivity index is 2.01. The van der Waals surface area contributed by atoms with Gasteiger partial charge in [-0.15, -0.1) is 0 Å². The number of hydrogen-bond donors (Lipinski definition) is 1. The van der Waals surface area contributed by atoms with Gasteiger partial charge in [0, 0.05) is 17.1 Å². The molecule has 0 saturated carbocycles. The lowest BCUT2D eigenvalue weighted by Gasteiger charge is -2.20. The Labute approximate surface area is 117 Å².